The number of carbonyl (C=O) groups is 1. The summed E-state index contributed by atoms with van der Waals surface area (Å²) in [5.74, 6) is 0.440. The van der Waals surface area contributed by atoms with Crippen molar-refractivity contribution in [3.05, 3.63) is 0 Å². The van der Waals surface area contributed by atoms with Crippen LogP contribution in [0.25, 0.3) is 0 Å². The van der Waals surface area contributed by atoms with Crippen LogP contribution in [0.15, 0.2) is 0 Å². The molecule has 2 aliphatic rings. The Labute approximate surface area is 116 Å². The molecular weight excluding hydrogens is 242 g/mol. The quantitative estimate of drug-likeness (QED) is 0.723. The predicted molar refractivity (Wildman–Crippen MR) is 75.1 cm³/mol. The average Bonchev–Trinajstić information content (AvgIpc) is 2.44. The normalized spacial score (nSPS) is 26.3. The van der Waals surface area contributed by atoms with Gasteiger partial charge in [-0.15, -0.1) is 0 Å². The van der Waals surface area contributed by atoms with Crippen molar-refractivity contribution in [2.45, 2.75) is 19.3 Å². The first-order chi connectivity index (χ1) is 9.25. The van der Waals surface area contributed by atoms with Gasteiger partial charge in [0.15, 0.2) is 0 Å². The van der Waals surface area contributed by atoms with E-state index in [0.717, 1.165) is 71.7 Å². The Kier molecular flexibility index (Phi) is 6.07. The van der Waals surface area contributed by atoms with Gasteiger partial charge < -0.3 is 15.0 Å². The lowest BCUT2D eigenvalue weighted by Crippen LogP contribution is -2.42. The summed E-state index contributed by atoms with van der Waals surface area (Å²) in [6.45, 7) is 7.66. The van der Waals surface area contributed by atoms with E-state index in [4.69, 9.17) is 4.74 Å². The second-order valence-corrected chi connectivity index (χ2v) is 5.70. The van der Waals surface area contributed by atoms with Crippen LogP contribution in [0.4, 0.5) is 0 Å². The number of amides is 1. The zero-order chi connectivity index (χ0) is 13.5. The Bertz CT molecular complexity index is 280. The molecule has 110 valence electrons. The van der Waals surface area contributed by atoms with Crippen LogP contribution in [0.3, 0.4) is 0 Å². The summed E-state index contributed by atoms with van der Waals surface area (Å²) in [5, 5.41) is 3.09. The maximum atomic E-state index is 12.0. The van der Waals surface area contributed by atoms with Crippen molar-refractivity contribution in [2.24, 2.45) is 5.92 Å². The Morgan fingerprint density at radius 3 is 2.84 bits per heavy atom. The molecule has 0 aromatic rings. The largest absolute Gasteiger partial charge is 0.379 e. The van der Waals surface area contributed by atoms with E-state index >= 15 is 0 Å². The van der Waals surface area contributed by atoms with Crippen LogP contribution < -0.4 is 5.32 Å². The van der Waals surface area contributed by atoms with Crippen molar-refractivity contribution in [3.63, 3.8) is 0 Å². The lowest BCUT2D eigenvalue weighted by atomic mass is 9.97. The van der Waals surface area contributed by atoms with E-state index in [1.807, 2.05) is 0 Å². The molecule has 2 rings (SSSR count). The number of hydrogen-bond acceptors (Lipinski definition) is 4. The van der Waals surface area contributed by atoms with Gasteiger partial charge in [-0.3, -0.25) is 9.69 Å². The number of likely N-dealkylation sites (tertiary alicyclic amines) is 1. The van der Waals surface area contributed by atoms with Gasteiger partial charge in [0.05, 0.1) is 19.1 Å². The highest BCUT2D eigenvalue weighted by Crippen LogP contribution is 2.14. The van der Waals surface area contributed by atoms with E-state index in [-0.39, 0.29) is 11.8 Å². The number of carbonyl (C=O) groups excluding carboxylic acids is 1. The Balaban J connectivity index is 1.55. The summed E-state index contributed by atoms with van der Waals surface area (Å²) >= 11 is 0. The third-order valence-corrected chi connectivity index (χ3v) is 4.05. The van der Waals surface area contributed by atoms with Gasteiger partial charge in [-0.05, 0) is 39.4 Å². The van der Waals surface area contributed by atoms with Crippen LogP contribution in [-0.2, 0) is 9.53 Å². The molecule has 1 atom stereocenters. The Morgan fingerprint density at radius 2 is 2.11 bits per heavy atom. The van der Waals surface area contributed by atoms with Gasteiger partial charge in [-0.2, -0.15) is 0 Å². The van der Waals surface area contributed by atoms with Crippen molar-refractivity contribution >= 4 is 5.91 Å². The number of hydrogen-bond donors (Lipinski definition) is 1. The fourth-order valence-electron chi connectivity index (χ4n) is 2.86. The Morgan fingerprint density at radius 1 is 1.32 bits per heavy atom. The van der Waals surface area contributed by atoms with Gasteiger partial charge in [0.25, 0.3) is 0 Å². The molecule has 19 heavy (non-hydrogen) atoms. The number of nitrogens with zero attached hydrogens (tertiary/aromatic N) is 2. The van der Waals surface area contributed by atoms with E-state index in [2.05, 4.69) is 22.2 Å². The molecule has 5 nitrogen and oxygen atoms in total. The monoisotopic (exact) mass is 269 g/mol. The highest BCUT2D eigenvalue weighted by atomic mass is 16.5. The van der Waals surface area contributed by atoms with E-state index in [0.29, 0.717) is 0 Å². The smallest absolute Gasteiger partial charge is 0.224 e. The molecule has 1 N–H and O–H groups in total. The molecule has 0 aromatic heterocycles. The fourth-order valence-corrected chi connectivity index (χ4v) is 2.86. The first-order valence-electron chi connectivity index (χ1n) is 7.52. The zero-order valence-electron chi connectivity index (χ0n) is 12.1. The van der Waals surface area contributed by atoms with Crippen LogP contribution in [0.2, 0.25) is 0 Å². The lowest BCUT2D eigenvalue weighted by molar-refractivity contribution is -0.126. The first kappa shape index (κ1) is 14.8. The molecule has 2 heterocycles. The third-order valence-electron chi connectivity index (χ3n) is 4.05. The summed E-state index contributed by atoms with van der Waals surface area (Å²) in [4.78, 5) is 16.7. The number of nitrogens with one attached hydrogen (secondary N) is 1. The molecule has 0 radical (unpaired) electrons. The topological polar surface area (TPSA) is 44.8 Å². The van der Waals surface area contributed by atoms with E-state index in [1.54, 1.807) is 0 Å². The molecule has 0 aliphatic carbocycles. The third kappa shape index (κ3) is 5.09. The van der Waals surface area contributed by atoms with Gasteiger partial charge >= 0.3 is 0 Å². The fraction of sp³-hybridized carbons (Fsp3) is 0.929. The lowest BCUT2D eigenvalue weighted by Gasteiger charge is -2.29. The van der Waals surface area contributed by atoms with E-state index in [9.17, 15) is 4.79 Å². The van der Waals surface area contributed by atoms with Crippen LogP contribution in [0.1, 0.15) is 19.3 Å². The molecule has 0 bridgehead atoms. The second-order valence-electron chi connectivity index (χ2n) is 5.70. The average molecular weight is 269 g/mol. The highest BCUT2D eigenvalue weighted by Gasteiger charge is 2.23. The predicted octanol–water partition coefficient (Wildman–Crippen LogP) is 0.167. The van der Waals surface area contributed by atoms with Gasteiger partial charge in [0.1, 0.15) is 0 Å². The van der Waals surface area contributed by atoms with Gasteiger partial charge in [0, 0.05) is 26.2 Å². The highest BCUT2D eigenvalue weighted by molar-refractivity contribution is 5.78. The molecule has 5 heteroatoms. The summed E-state index contributed by atoms with van der Waals surface area (Å²) in [6, 6.07) is 0. The van der Waals surface area contributed by atoms with Crippen molar-refractivity contribution in [1.82, 2.24) is 15.1 Å². The summed E-state index contributed by atoms with van der Waals surface area (Å²) in [6.07, 6.45) is 3.22. The SMILES string of the molecule is CN1CCCC(C(=O)NCCCN2CCOCC2)C1. The molecule has 1 amide bonds. The molecule has 0 saturated carbocycles. The second kappa shape index (κ2) is 7.82. The molecule has 2 saturated heterocycles. The molecule has 1 unspecified atom stereocenters. The molecular formula is C14H27N3O2. The van der Waals surface area contributed by atoms with Crippen LogP contribution in [0, 0.1) is 5.92 Å². The van der Waals surface area contributed by atoms with Gasteiger partial charge in [-0.25, -0.2) is 0 Å². The summed E-state index contributed by atoms with van der Waals surface area (Å²) < 4.78 is 5.32. The Hall–Kier alpha value is -0.650. The maximum absolute atomic E-state index is 12.0. The van der Waals surface area contributed by atoms with E-state index in [1.165, 1.54) is 0 Å². The van der Waals surface area contributed by atoms with Crippen LogP contribution >= 0.6 is 0 Å². The maximum Gasteiger partial charge on any atom is 0.224 e. The van der Waals surface area contributed by atoms with E-state index < -0.39 is 0 Å². The summed E-state index contributed by atoms with van der Waals surface area (Å²) in [7, 11) is 2.10. The van der Waals surface area contributed by atoms with Crippen molar-refractivity contribution in [3.8, 4) is 0 Å². The van der Waals surface area contributed by atoms with Crippen molar-refractivity contribution in [1.29, 1.82) is 0 Å². The van der Waals surface area contributed by atoms with Crippen LogP contribution in [0.5, 0.6) is 0 Å². The molecule has 2 aliphatic heterocycles. The van der Waals surface area contributed by atoms with Gasteiger partial charge in [0.2, 0.25) is 5.91 Å². The zero-order valence-corrected chi connectivity index (χ0v) is 12.1. The minimum absolute atomic E-state index is 0.196. The van der Waals surface area contributed by atoms with Crippen LogP contribution in [-0.4, -0.2) is 75.2 Å². The summed E-state index contributed by atoms with van der Waals surface area (Å²) in [5.41, 5.74) is 0. The molecule has 0 spiro atoms. The van der Waals surface area contributed by atoms with Gasteiger partial charge in [-0.1, -0.05) is 0 Å². The van der Waals surface area contributed by atoms with Crippen molar-refractivity contribution in [2.75, 3.05) is 59.5 Å². The number of rotatable bonds is 5. The van der Waals surface area contributed by atoms with Crippen molar-refractivity contribution < 1.29 is 9.53 Å². The number of morpholine rings is 1. The first-order valence-corrected chi connectivity index (χ1v) is 7.52. The minimum Gasteiger partial charge on any atom is -0.379 e. The number of ether oxygens (including phenoxy) is 1. The molecule has 2 fully saturated rings. The molecule has 0 aromatic carbocycles. The number of piperidine rings is 1. The minimum atomic E-state index is 0.196. The standard InChI is InChI=1S/C14H27N3O2/c1-16-6-2-4-13(12-16)14(18)15-5-3-7-17-8-10-19-11-9-17/h13H,2-12H2,1H3,(H,15,18).